The largest absolute Gasteiger partial charge is 0.469 e. The molecule has 0 unspecified atom stereocenters. The predicted molar refractivity (Wildman–Crippen MR) is 90.5 cm³/mol. The van der Waals surface area contributed by atoms with E-state index in [1.165, 1.54) is 7.11 Å². The number of esters is 1. The third-order valence-corrected chi connectivity index (χ3v) is 3.09. The molecule has 1 rings (SSSR count). The summed E-state index contributed by atoms with van der Waals surface area (Å²) in [5, 5.41) is 15.6. The molecule has 0 fully saturated rings. The summed E-state index contributed by atoms with van der Waals surface area (Å²) in [6, 6.07) is 6.90. The molecule has 0 bridgehead atoms. The Kier molecular flexibility index (Phi) is 10.0. The number of halogens is 2. The molecule has 1 aromatic carbocycles. The van der Waals surface area contributed by atoms with Crippen LogP contribution in [0.2, 0.25) is 5.02 Å². The summed E-state index contributed by atoms with van der Waals surface area (Å²) in [6.07, 6.45) is 1.96. The van der Waals surface area contributed by atoms with Gasteiger partial charge >= 0.3 is 5.97 Å². The normalized spacial score (nSPS) is 10.8. The molecule has 1 aromatic rings. The van der Waals surface area contributed by atoms with Gasteiger partial charge in [0.1, 0.15) is 6.07 Å². The molecular weight excluding hydrogens is 325 g/mol. The zero-order valence-electron chi connectivity index (χ0n) is 12.3. The monoisotopic (exact) mass is 343 g/mol. The lowest BCUT2D eigenvalue weighted by molar-refractivity contribution is -0.140. The van der Waals surface area contributed by atoms with Crippen LogP contribution in [-0.4, -0.2) is 32.2 Å². The minimum Gasteiger partial charge on any atom is -0.469 e. The number of anilines is 1. The van der Waals surface area contributed by atoms with E-state index >= 15 is 0 Å². The van der Waals surface area contributed by atoms with Crippen molar-refractivity contribution in [1.29, 1.82) is 5.26 Å². The van der Waals surface area contributed by atoms with Crippen molar-refractivity contribution in [2.45, 2.75) is 12.5 Å². The Bertz CT molecular complexity index is 544. The highest BCUT2D eigenvalue weighted by Gasteiger charge is 2.14. The van der Waals surface area contributed by atoms with E-state index < -0.39 is 0 Å². The molecule has 0 aliphatic rings. The molecule has 0 saturated carbocycles. The second-order valence-electron chi connectivity index (χ2n) is 4.37. The van der Waals surface area contributed by atoms with Crippen molar-refractivity contribution >= 4 is 35.7 Å². The topological polar surface area (TPSA) is 74.2 Å². The lowest BCUT2D eigenvalue weighted by atomic mass is 10.1. The van der Waals surface area contributed by atoms with Crippen LogP contribution < -0.4 is 10.6 Å². The van der Waals surface area contributed by atoms with Gasteiger partial charge in [0.05, 0.1) is 24.1 Å². The van der Waals surface area contributed by atoms with Crippen molar-refractivity contribution in [2.75, 3.05) is 25.5 Å². The molecule has 2 N–H and O–H groups in total. The van der Waals surface area contributed by atoms with Gasteiger partial charge in [0, 0.05) is 24.8 Å². The Morgan fingerprint density at radius 3 is 2.86 bits per heavy atom. The number of carbonyl (C=O) groups is 1. The Morgan fingerprint density at radius 1 is 1.59 bits per heavy atom. The Labute approximate surface area is 141 Å². The summed E-state index contributed by atoms with van der Waals surface area (Å²) in [7, 11) is 1.36. The standard InChI is InChI=1S/C15H18ClN3O2.ClH/c1-3-6-18-10-13(8-15(20)21-2)19-12-5-4-11(9-17)14(16)7-12;/h3-5,7,13,18-19H,1,6,8,10H2,2H3;1H/t13-;/m0./s1. The Balaban J connectivity index is 0.00000441. The van der Waals surface area contributed by atoms with E-state index in [2.05, 4.69) is 21.9 Å². The van der Waals surface area contributed by atoms with Crippen LogP contribution >= 0.6 is 24.0 Å². The number of nitrogens with zero attached hydrogens (tertiary/aromatic N) is 1. The zero-order valence-corrected chi connectivity index (χ0v) is 13.8. The third kappa shape index (κ3) is 6.81. The van der Waals surface area contributed by atoms with Gasteiger partial charge in [-0.2, -0.15) is 5.26 Å². The fourth-order valence-electron chi connectivity index (χ4n) is 1.75. The summed E-state index contributed by atoms with van der Waals surface area (Å²) in [5.74, 6) is -0.298. The molecule has 0 aromatic heterocycles. The van der Waals surface area contributed by atoms with Gasteiger partial charge < -0.3 is 15.4 Å². The molecular formula is C15H19Cl2N3O2. The number of hydrogen-bond acceptors (Lipinski definition) is 5. The first-order valence-corrected chi connectivity index (χ1v) is 6.83. The lowest BCUT2D eigenvalue weighted by Gasteiger charge is -2.19. The number of carbonyl (C=O) groups excluding carboxylic acids is 1. The molecule has 7 heteroatoms. The highest BCUT2D eigenvalue weighted by Crippen LogP contribution is 2.21. The molecule has 22 heavy (non-hydrogen) atoms. The van der Waals surface area contributed by atoms with Crippen molar-refractivity contribution in [1.82, 2.24) is 5.32 Å². The first-order chi connectivity index (χ1) is 10.1. The summed E-state index contributed by atoms with van der Waals surface area (Å²) in [5.41, 5.74) is 1.16. The van der Waals surface area contributed by atoms with E-state index in [0.717, 1.165) is 5.69 Å². The highest BCUT2D eigenvalue weighted by molar-refractivity contribution is 6.32. The van der Waals surface area contributed by atoms with Gasteiger partial charge in [0.2, 0.25) is 0 Å². The van der Waals surface area contributed by atoms with Gasteiger partial charge in [-0.15, -0.1) is 19.0 Å². The Hall–Kier alpha value is -1.74. The fraction of sp³-hybridized carbons (Fsp3) is 0.333. The second kappa shape index (κ2) is 10.9. The zero-order chi connectivity index (χ0) is 15.7. The van der Waals surface area contributed by atoms with Crippen molar-refractivity contribution in [2.24, 2.45) is 0 Å². The predicted octanol–water partition coefficient (Wildman–Crippen LogP) is 2.75. The van der Waals surface area contributed by atoms with Gasteiger partial charge in [0.25, 0.3) is 0 Å². The maximum absolute atomic E-state index is 11.4. The molecule has 0 aliphatic heterocycles. The molecule has 1 atom stereocenters. The van der Waals surface area contributed by atoms with Crippen molar-refractivity contribution in [3.63, 3.8) is 0 Å². The van der Waals surface area contributed by atoms with Gasteiger partial charge in [-0.1, -0.05) is 17.7 Å². The van der Waals surface area contributed by atoms with Crippen LogP contribution in [0.5, 0.6) is 0 Å². The smallest absolute Gasteiger partial charge is 0.307 e. The molecule has 0 spiro atoms. The number of benzene rings is 1. The maximum atomic E-state index is 11.4. The van der Waals surface area contributed by atoms with Gasteiger partial charge in [-0.05, 0) is 18.2 Å². The summed E-state index contributed by atoms with van der Waals surface area (Å²) in [6.45, 7) is 4.84. The van der Waals surface area contributed by atoms with E-state index in [-0.39, 0.29) is 30.8 Å². The SMILES string of the molecule is C=CCNC[C@H](CC(=O)OC)Nc1ccc(C#N)c(Cl)c1.Cl. The number of ether oxygens (including phenoxy) is 1. The molecule has 0 radical (unpaired) electrons. The molecule has 0 aliphatic carbocycles. The molecule has 5 nitrogen and oxygen atoms in total. The third-order valence-electron chi connectivity index (χ3n) is 2.78. The van der Waals surface area contributed by atoms with Crippen LogP contribution in [0.1, 0.15) is 12.0 Å². The van der Waals surface area contributed by atoms with Crippen molar-refractivity contribution in [3.8, 4) is 6.07 Å². The lowest BCUT2D eigenvalue weighted by Crippen LogP contribution is -2.35. The van der Waals surface area contributed by atoms with Crippen LogP contribution in [0.25, 0.3) is 0 Å². The summed E-state index contributed by atoms with van der Waals surface area (Å²) < 4.78 is 4.69. The van der Waals surface area contributed by atoms with E-state index in [4.69, 9.17) is 16.9 Å². The van der Waals surface area contributed by atoms with Crippen molar-refractivity contribution in [3.05, 3.63) is 41.4 Å². The van der Waals surface area contributed by atoms with Crippen LogP contribution in [0, 0.1) is 11.3 Å². The number of nitrogens with one attached hydrogen (secondary N) is 2. The van der Waals surface area contributed by atoms with E-state index in [0.29, 0.717) is 23.7 Å². The first kappa shape index (κ1) is 20.3. The van der Waals surface area contributed by atoms with E-state index in [1.807, 2.05) is 6.07 Å². The molecule has 0 heterocycles. The minimum atomic E-state index is -0.298. The summed E-state index contributed by atoms with van der Waals surface area (Å²) >= 11 is 5.99. The molecule has 0 amide bonds. The number of hydrogen-bond donors (Lipinski definition) is 2. The second-order valence-corrected chi connectivity index (χ2v) is 4.78. The molecule has 0 saturated heterocycles. The minimum absolute atomic E-state index is 0. The number of nitriles is 1. The van der Waals surface area contributed by atoms with E-state index in [9.17, 15) is 4.79 Å². The van der Waals surface area contributed by atoms with Gasteiger partial charge in [-0.3, -0.25) is 4.79 Å². The number of methoxy groups -OCH3 is 1. The average molecular weight is 344 g/mol. The van der Waals surface area contributed by atoms with Crippen molar-refractivity contribution < 1.29 is 9.53 Å². The number of rotatable bonds is 8. The quantitative estimate of drug-likeness (QED) is 0.431. The van der Waals surface area contributed by atoms with E-state index in [1.54, 1.807) is 24.3 Å². The van der Waals surface area contributed by atoms with Crippen LogP contribution in [0.4, 0.5) is 5.69 Å². The summed E-state index contributed by atoms with van der Waals surface area (Å²) in [4.78, 5) is 11.4. The highest BCUT2D eigenvalue weighted by atomic mass is 35.5. The Morgan fingerprint density at radius 2 is 2.32 bits per heavy atom. The fourth-order valence-corrected chi connectivity index (χ4v) is 1.97. The first-order valence-electron chi connectivity index (χ1n) is 6.45. The average Bonchev–Trinajstić information content (AvgIpc) is 2.47. The molecule has 120 valence electrons. The van der Waals surface area contributed by atoms with Crippen LogP contribution in [0.15, 0.2) is 30.9 Å². The van der Waals surface area contributed by atoms with Gasteiger partial charge in [-0.25, -0.2) is 0 Å². The maximum Gasteiger partial charge on any atom is 0.307 e. The van der Waals surface area contributed by atoms with Crippen LogP contribution in [-0.2, 0) is 9.53 Å². The van der Waals surface area contributed by atoms with Gasteiger partial charge in [0.15, 0.2) is 0 Å². The van der Waals surface area contributed by atoms with Crippen LogP contribution in [0.3, 0.4) is 0 Å².